The molecule has 3 aromatic rings. The molecule has 0 bridgehead atoms. The van der Waals surface area contributed by atoms with Gasteiger partial charge in [-0.2, -0.15) is 0 Å². The molecule has 0 aliphatic rings. The van der Waals surface area contributed by atoms with E-state index in [4.69, 9.17) is 5.11 Å². The number of Topliss-reactive ketones (excluding diaryl/α,β-unsaturated/α-hetero) is 1. The standard InChI is InChI=1S/C17H14O3S/c1-10-8-11(14(18)6-7-16(19)20)9-13-12-4-2-3-5-15(12)21-17(10)13/h2-5,8-9H,6-7H2,1H3,(H,19,20). The number of fused-ring (bicyclic) bond motifs is 3. The Morgan fingerprint density at radius 1 is 1.10 bits per heavy atom. The summed E-state index contributed by atoms with van der Waals surface area (Å²) in [6.07, 6.45) is -0.0807. The second-order valence-electron chi connectivity index (χ2n) is 5.08. The molecule has 3 rings (SSSR count). The molecule has 0 saturated heterocycles. The maximum absolute atomic E-state index is 12.1. The molecule has 21 heavy (non-hydrogen) atoms. The van der Waals surface area contributed by atoms with Crippen LogP contribution in [0.2, 0.25) is 0 Å². The van der Waals surface area contributed by atoms with Crippen molar-refractivity contribution >= 4 is 43.3 Å². The third-order valence-electron chi connectivity index (χ3n) is 3.55. The molecule has 1 aromatic heterocycles. The summed E-state index contributed by atoms with van der Waals surface area (Å²) in [6.45, 7) is 1.99. The van der Waals surface area contributed by atoms with E-state index in [1.165, 1.54) is 9.40 Å². The number of rotatable bonds is 4. The van der Waals surface area contributed by atoms with Crippen molar-refractivity contribution in [2.75, 3.05) is 0 Å². The number of carbonyl (C=O) groups excluding carboxylic acids is 1. The van der Waals surface area contributed by atoms with Crippen LogP contribution in [-0.2, 0) is 4.79 Å². The molecule has 0 amide bonds. The van der Waals surface area contributed by atoms with Crippen molar-refractivity contribution in [2.45, 2.75) is 19.8 Å². The van der Waals surface area contributed by atoms with Gasteiger partial charge in [-0.3, -0.25) is 9.59 Å². The van der Waals surface area contributed by atoms with E-state index in [0.29, 0.717) is 5.56 Å². The number of hydrogen-bond donors (Lipinski definition) is 1. The largest absolute Gasteiger partial charge is 0.481 e. The fourth-order valence-electron chi connectivity index (χ4n) is 2.52. The van der Waals surface area contributed by atoms with Gasteiger partial charge in [0.25, 0.3) is 0 Å². The van der Waals surface area contributed by atoms with Gasteiger partial charge in [0.15, 0.2) is 5.78 Å². The Hall–Kier alpha value is -2.20. The van der Waals surface area contributed by atoms with Crippen LogP contribution in [0.25, 0.3) is 20.2 Å². The summed E-state index contributed by atoms with van der Waals surface area (Å²) in [5.41, 5.74) is 1.66. The third kappa shape index (κ3) is 2.54. The zero-order chi connectivity index (χ0) is 15.0. The van der Waals surface area contributed by atoms with Crippen LogP contribution in [0.3, 0.4) is 0 Å². The third-order valence-corrected chi connectivity index (χ3v) is 4.87. The fourth-order valence-corrected chi connectivity index (χ4v) is 3.68. The summed E-state index contributed by atoms with van der Waals surface area (Å²) in [5, 5.41) is 10.9. The van der Waals surface area contributed by atoms with E-state index in [1.807, 2.05) is 31.2 Å². The number of carbonyl (C=O) groups is 2. The van der Waals surface area contributed by atoms with E-state index in [2.05, 4.69) is 12.1 Å². The minimum Gasteiger partial charge on any atom is -0.481 e. The Morgan fingerprint density at radius 2 is 1.86 bits per heavy atom. The van der Waals surface area contributed by atoms with Gasteiger partial charge in [0, 0.05) is 32.2 Å². The molecule has 0 fully saturated rings. The SMILES string of the molecule is Cc1cc(C(=O)CCC(=O)O)cc2c1sc1ccccc12. The van der Waals surface area contributed by atoms with Crippen molar-refractivity contribution < 1.29 is 14.7 Å². The lowest BCUT2D eigenvalue weighted by molar-refractivity contribution is -0.136. The van der Waals surface area contributed by atoms with Crippen molar-refractivity contribution in [3.63, 3.8) is 0 Å². The van der Waals surface area contributed by atoms with Crippen LogP contribution in [0.1, 0.15) is 28.8 Å². The predicted molar refractivity (Wildman–Crippen MR) is 85.3 cm³/mol. The van der Waals surface area contributed by atoms with E-state index in [1.54, 1.807) is 11.3 Å². The van der Waals surface area contributed by atoms with Gasteiger partial charge in [-0.1, -0.05) is 18.2 Å². The Kier molecular flexibility index (Phi) is 3.47. The lowest BCUT2D eigenvalue weighted by Gasteiger charge is -2.03. The molecule has 1 N–H and O–H groups in total. The fraction of sp³-hybridized carbons (Fsp3) is 0.176. The lowest BCUT2D eigenvalue weighted by Crippen LogP contribution is -2.04. The first-order chi connectivity index (χ1) is 10.1. The van der Waals surface area contributed by atoms with E-state index in [0.717, 1.165) is 16.3 Å². The summed E-state index contributed by atoms with van der Waals surface area (Å²) >= 11 is 1.72. The lowest BCUT2D eigenvalue weighted by atomic mass is 10.0. The maximum atomic E-state index is 12.1. The van der Waals surface area contributed by atoms with Crippen molar-refractivity contribution in [3.05, 3.63) is 47.5 Å². The number of carboxylic acid groups (broad SMARTS) is 1. The Morgan fingerprint density at radius 3 is 2.62 bits per heavy atom. The Labute approximate surface area is 125 Å². The molecule has 0 spiro atoms. The molecule has 4 heteroatoms. The first-order valence-corrected chi connectivity index (χ1v) is 7.55. The van der Waals surface area contributed by atoms with Gasteiger partial charge in [0.05, 0.1) is 6.42 Å². The highest BCUT2D eigenvalue weighted by molar-refractivity contribution is 7.26. The molecule has 0 radical (unpaired) electrons. The molecular formula is C17H14O3S. The number of hydrogen-bond acceptors (Lipinski definition) is 3. The first kappa shape index (κ1) is 13.8. The zero-order valence-corrected chi connectivity index (χ0v) is 12.4. The average molecular weight is 298 g/mol. The first-order valence-electron chi connectivity index (χ1n) is 6.73. The van der Waals surface area contributed by atoms with Crippen LogP contribution in [-0.4, -0.2) is 16.9 Å². The second kappa shape index (κ2) is 5.30. The maximum Gasteiger partial charge on any atom is 0.303 e. The molecule has 0 aliphatic heterocycles. The second-order valence-corrected chi connectivity index (χ2v) is 6.14. The number of carboxylic acids is 1. The van der Waals surface area contributed by atoms with Crippen molar-refractivity contribution in [1.82, 2.24) is 0 Å². The number of aryl methyl sites for hydroxylation is 1. The topological polar surface area (TPSA) is 54.4 Å². The Bertz CT molecular complexity index is 861. The van der Waals surface area contributed by atoms with Gasteiger partial charge < -0.3 is 5.11 Å². The highest BCUT2D eigenvalue weighted by Gasteiger charge is 2.13. The van der Waals surface area contributed by atoms with Gasteiger partial charge in [-0.15, -0.1) is 11.3 Å². The average Bonchev–Trinajstić information content (AvgIpc) is 2.84. The molecule has 0 unspecified atom stereocenters. The van der Waals surface area contributed by atoms with Crippen LogP contribution in [0, 0.1) is 6.92 Å². The van der Waals surface area contributed by atoms with Crippen LogP contribution >= 0.6 is 11.3 Å². The number of benzene rings is 2. The molecule has 106 valence electrons. The van der Waals surface area contributed by atoms with Gasteiger partial charge in [-0.25, -0.2) is 0 Å². The summed E-state index contributed by atoms with van der Waals surface area (Å²) in [6, 6.07) is 11.9. The number of aliphatic carboxylic acids is 1. The Balaban J connectivity index is 2.11. The molecule has 0 saturated carbocycles. The van der Waals surface area contributed by atoms with Gasteiger partial charge in [-0.05, 0) is 30.7 Å². The van der Waals surface area contributed by atoms with Crippen molar-refractivity contribution in [2.24, 2.45) is 0 Å². The minimum absolute atomic E-state index is 0.0440. The minimum atomic E-state index is -0.942. The van der Waals surface area contributed by atoms with Crippen LogP contribution < -0.4 is 0 Å². The van der Waals surface area contributed by atoms with Gasteiger partial charge in [0.2, 0.25) is 0 Å². The van der Waals surface area contributed by atoms with Gasteiger partial charge in [0.1, 0.15) is 0 Å². The molecule has 0 atom stereocenters. The summed E-state index contributed by atoms with van der Waals surface area (Å²) in [5.74, 6) is -1.06. The molecule has 3 nitrogen and oxygen atoms in total. The highest BCUT2D eigenvalue weighted by Crippen LogP contribution is 2.36. The van der Waals surface area contributed by atoms with E-state index >= 15 is 0 Å². The van der Waals surface area contributed by atoms with E-state index in [-0.39, 0.29) is 18.6 Å². The van der Waals surface area contributed by atoms with Crippen LogP contribution in [0.15, 0.2) is 36.4 Å². The van der Waals surface area contributed by atoms with Gasteiger partial charge >= 0.3 is 5.97 Å². The number of ketones is 1. The summed E-state index contributed by atoms with van der Waals surface area (Å²) < 4.78 is 2.39. The molecular weight excluding hydrogens is 284 g/mol. The zero-order valence-electron chi connectivity index (χ0n) is 11.6. The smallest absolute Gasteiger partial charge is 0.303 e. The highest BCUT2D eigenvalue weighted by atomic mass is 32.1. The monoisotopic (exact) mass is 298 g/mol. The normalized spacial score (nSPS) is 11.1. The van der Waals surface area contributed by atoms with Crippen molar-refractivity contribution in [1.29, 1.82) is 0 Å². The van der Waals surface area contributed by atoms with E-state index in [9.17, 15) is 9.59 Å². The van der Waals surface area contributed by atoms with Crippen molar-refractivity contribution in [3.8, 4) is 0 Å². The predicted octanol–water partition coefficient (Wildman–Crippen LogP) is 4.41. The molecule has 2 aromatic carbocycles. The quantitative estimate of drug-likeness (QED) is 0.726. The van der Waals surface area contributed by atoms with Crippen LogP contribution in [0.4, 0.5) is 0 Å². The molecule has 1 heterocycles. The van der Waals surface area contributed by atoms with E-state index < -0.39 is 5.97 Å². The summed E-state index contributed by atoms with van der Waals surface area (Å²) in [4.78, 5) is 22.7. The van der Waals surface area contributed by atoms with Crippen LogP contribution in [0.5, 0.6) is 0 Å². The number of thiophene rings is 1. The molecule has 0 aliphatic carbocycles. The summed E-state index contributed by atoms with van der Waals surface area (Å²) in [7, 11) is 0.